The van der Waals surface area contributed by atoms with Gasteiger partial charge in [-0.15, -0.1) is 0 Å². The Morgan fingerprint density at radius 3 is 1.36 bits per heavy atom. The Hall–Kier alpha value is -3.87. The minimum absolute atomic E-state index is 0.244. The molecule has 1 unspecified atom stereocenters. The zero-order valence-electron chi connectivity index (χ0n) is 36.0. The topological polar surface area (TPSA) is 90.9 Å². The molecule has 0 saturated carbocycles. The van der Waals surface area contributed by atoms with E-state index in [0.717, 1.165) is 55.8 Å². The van der Waals surface area contributed by atoms with Crippen molar-refractivity contribution in [1.82, 2.24) is 0 Å². The average Bonchev–Trinajstić information content (AvgIpc) is 3.25. The van der Waals surface area contributed by atoms with E-state index in [1.807, 2.05) is 48.5 Å². The molecule has 5 rings (SSSR count). The molecular formula is C45H60O9P2. The van der Waals surface area contributed by atoms with Crippen LogP contribution in [0.1, 0.15) is 111 Å². The van der Waals surface area contributed by atoms with Gasteiger partial charge in [-0.25, -0.2) is 4.52 Å². The maximum absolute atomic E-state index is 6.79. The molecular weight excluding hydrogens is 746 g/mol. The SMILES string of the molecule is COc1ccc(OP(OCOp2oc3c(C(C)(C)C)cc(C)cc3c3cc(OC)cc(C(C)(C)C)c3o2)Oc2ccc(OC)cc2C(C)(C)C)c(C(C)(C)C)c1. The van der Waals surface area contributed by atoms with Crippen LogP contribution in [0.15, 0.2) is 69.1 Å². The van der Waals surface area contributed by atoms with Gasteiger partial charge in [-0.1, -0.05) is 89.2 Å². The number of hydrogen-bond acceptors (Lipinski definition) is 9. The molecule has 0 fully saturated rings. The molecule has 304 valence electrons. The summed E-state index contributed by atoms with van der Waals surface area (Å²) in [4.78, 5) is 0. The van der Waals surface area contributed by atoms with Crippen LogP contribution in [-0.4, -0.2) is 28.1 Å². The second-order valence-electron chi connectivity index (χ2n) is 18.2. The number of ether oxygens (including phenoxy) is 3. The van der Waals surface area contributed by atoms with Gasteiger partial charge in [0.25, 0.3) is 0 Å². The summed E-state index contributed by atoms with van der Waals surface area (Å²) < 4.78 is 56.7. The van der Waals surface area contributed by atoms with Gasteiger partial charge in [0.1, 0.15) is 39.9 Å². The average molecular weight is 807 g/mol. The molecule has 0 aliphatic heterocycles. The van der Waals surface area contributed by atoms with Crippen LogP contribution in [0.5, 0.6) is 28.7 Å². The number of fused-ring (bicyclic) bond motifs is 3. The Labute approximate surface area is 335 Å². The van der Waals surface area contributed by atoms with Crippen molar-refractivity contribution < 1.29 is 40.7 Å². The molecule has 1 aromatic heterocycles. The second-order valence-corrected chi connectivity index (χ2v) is 20.3. The van der Waals surface area contributed by atoms with Crippen molar-refractivity contribution in [2.24, 2.45) is 0 Å². The summed E-state index contributed by atoms with van der Waals surface area (Å²) in [6, 6.07) is 19.8. The van der Waals surface area contributed by atoms with Gasteiger partial charge < -0.3 is 31.7 Å². The van der Waals surface area contributed by atoms with Crippen LogP contribution in [0.4, 0.5) is 0 Å². The third-order valence-electron chi connectivity index (χ3n) is 9.42. The summed E-state index contributed by atoms with van der Waals surface area (Å²) in [6.07, 6.45) is 0. The van der Waals surface area contributed by atoms with Crippen molar-refractivity contribution in [2.45, 2.75) is 112 Å². The molecule has 0 amide bonds. The van der Waals surface area contributed by atoms with Crippen LogP contribution in [0.2, 0.25) is 0 Å². The quantitative estimate of drug-likeness (QED) is 0.0955. The standard InChI is InChI=1S/C45H60O9P2/c1-28-21-32-33-23-31(48-16)26-37(45(11,12)13)41(33)54-56(53-40(32)36(22-28)44(8,9)10)50-27-49-55(51-38-19-17-29(46-14)24-34(38)42(2,3)4)52-39-20-18-30(47-15)25-35(39)43(5,6)7/h17-26H,27H2,1-16H3. The number of aryl methyl sites for hydroxylation is 1. The molecule has 0 spiro atoms. The minimum atomic E-state index is -2.09. The zero-order chi connectivity index (χ0) is 41.4. The van der Waals surface area contributed by atoms with Gasteiger partial charge in [0.05, 0.1) is 21.3 Å². The number of rotatable bonds is 11. The highest BCUT2D eigenvalue weighted by Crippen LogP contribution is 2.49. The third-order valence-corrected chi connectivity index (χ3v) is 11.4. The van der Waals surface area contributed by atoms with E-state index in [4.69, 9.17) is 40.7 Å². The number of methoxy groups -OCH3 is 3. The van der Waals surface area contributed by atoms with Crippen LogP contribution >= 0.6 is 16.8 Å². The first-order valence-electron chi connectivity index (χ1n) is 18.9. The van der Waals surface area contributed by atoms with E-state index in [1.165, 1.54) is 0 Å². The van der Waals surface area contributed by atoms with Gasteiger partial charge in [-0.05, 0) is 88.7 Å². The molecule has 0 aliphatic carbocycles. The molecule has 0 saturated heterocycles. The molecule has 0 bridgehead atoms. The van der Waals surface area contributed by atoms with E-state index in [9.17, 15) is 0 Å². The largest absolute Gasteiger partial charge is 0.497 e. The highest BCUT2D eigenvalue weighted by Gasteiger charge is 2.30. The zero-order valence-corrected chi connectivity index (χ0v) is 37.8. The van der Waals surface area contributed by atoms with Crippen molar-refractivity contribution >= 4 is 38.8 Å². The molecule has 5 aromatic rings. The lowest BCUT2D eigenvalue weighted by Crippen LogP contribution is -2.15. The maximum Gasteiger partial charge on any atom is 0.465 e. The van der Waals surface area contributed by atoms with Crippen LogP contribution < -0.4 is 27.8 Å². The first-order chi connectivity index (χ1) is 26.0. The van der Waals surface area contributed by atoms with E-state index < -0.39 is 16.8 Å². The van der Waals surface area contributed by atoms with Crippen LogP contribution in [0.3, 0.4) is 0 Å². The Morgan fingerprint density at radius 1 is 0.518 bits per heavy atom. The van der Waals surface area contributed by atoms with Gasteiger partial charge >= 0.3 is 16.8 Å². The molecule has 11 heteroatoms. The van der Waals surface area contributed by atoms with Gasteiger partial charge in [-0.3, -0.25) is 4.52 Å². The second kappa shape index (κ2) is 16.5. The van der Waals surface area contributed by atoms with Crippen molar-refractivity contribution in [1.29, 1.82) is 0 Å². The van der Waals surface area contributed by atoms with Gasteiger partial charge in [0, 0.05) is 33.0 Å². The Kier molecular flexibility index (Phi) is 12.8. The molecule has 56 heavy (non-hydrogen) atoms. The van der Waals surface area contributed by atoms with E-state index >= 15 is 0 Å². The smallest absolute Gasteiger partial charge is 0.465 e. The lowest BCUT2D eigenvalue weighted by atomic mass is 9.83. The molecule has 1 heterocycles. The van der Waals surface area contributed by atoms with E-state index in [1.54, 1.807) is 21.3 Å². The fraction of sp³-hybridized carbons (Fsp3) is 0.467. The van der Waals surface area contributed by atoms with Crippen LogP contribution in [0.25, 0.3) is 21.9 Å². The summed E-state index contributed by atoms with van der Waals surface area (Å²) in [5.41, 5.74) is 5.29. The van der Waals surface area contributed by atoms with Crippen LogP contribution in [0, 0.1) is 6.92 Å². The predicted molar refractivity (Wildman–Crippen MR) is 229 cm³/mol. The Morgan fingerprint density at radius 2 is 0.929 bits per heavy atom. The van der Waals surface area contributed by atoms with Gasteiger partial charge in [-0.2, -0.15) is 0 Å². The number of hydrogen-bond donors (Lipinski definition) is 0. The van der Waals surface area contributed by atoms with Crippen molar-refractivity contribution in [3.8, 4) is 28.7 Å². The highest BCUT2D eigenvalue weighted by molar-refractivity contribution is 7.42. The summed E-state index contributed by atoms with van der Waals surface area (Å²) in [7, 11) is 0.863. The van der Waals surface area contributed by atoms with E-state index in [0.29, 0.717) is 22.7 Å². The van der Waals surface area contributed by atoms with E-state index in [2.05, 4.69) is 102 Å². The molecule has 0 N–H and O–H groups in total. The molecule has 0 radical (unpaired) electrons. The maximum atomic E-state index is 6.79. The molecule has 0 aliphatic rings. The summed E-state index contributed by atoms with van der Waals surface area (Å²) in [5.74, 6) is 3.41. The van der Waals surface area contributed by atoms with Gasteiger partial charge in [0.15, 0.2) is 6.79 Å². The monoisotopic (exact) mass is 806 g/mol. The molecule has 4 aromatic carbocycles. The van der Waals surface area contributed by atoms with E-state index in [-0.39, 0.29) is 28.5 Å². The lowest BCUT2D eigenvalue weighted by Gasteiger charge is -2.27. The third kappa shape index (κ3) is 9.98. The summed E-state index contributed by atoms with van der Waals surface area (Å²) in [6.45, 7) is 27.6. The Balaban J connectivity index is 1.64. The van der Waals surface area contributed by atoms with Crippen LogP contribution in [-0.2, 0) is 26.2 Å². The molecule has 9 nitrogen and oxygen atoms in total. The predicted octanol–water partition coefficient (Wildman–Crippen LogP) is 13.6. The van der Waals surface area contributed by atoms with Gasteiger partial charge in [0.2, 0.25) is 0 Å². The van der Waals surface area contributed by atoms with Crippen molar-refractivity contribution in [3.63, 3.8) is 0 Å². The molecule has 1 atom stereocenters. The van der Waals surface area contributed by atoms with Crippen molar-refractivity contribution in [3.05, 3.63) is 88.5 Å². The summed E-state index contributed by atoms with van der Waals surface area (Å²) in [5, 5.41) is 1.80. The minimum Gasteiger partial charge on any atom is -0.497 e. The first-order valence-corrected chi connectivity index (χ1v) is 21.1. The summed E-state index contributed by atoms with van der Waals surface area (Å²) >= 11 is 0. The normalized spacial score (nSPS) is 13.0. The fourth-order valence-corrected chi connectivity index (χ4v) is 8.35. The number of benzene rings is 4. The Bertz CT molecular complexity index is 2150. The first kappa shape index (κ1) is 43.3. The highest BCUT2D eigenvalue weighted by atomic mass is 31.2. The fourth-order valence-electron chi connectivity index (χ4n) is 6.37. The van der Waals surface area contributed by atoms with Crippen molar-refractivity contribution in [2.75, 3.05) is 28.1 Å². The lowest BCUT2D eigenvalue weighted by molar-refractivity contribution is 0.140.